The van der Waals surface area contributed by atoms with E-state index >= 15 is 0 Å². The summed E-state index contributed by atoms with van der Waals surface area (Å²) < 4.78 is 2.02. The van der Waals surface area contributed by atoms with Crippen LogP contribution in [0.2, 0.25) is 0 Å². The van der Waals surface area contributed by atoms with E-state index < -0.39 is 0 Å². The molecule has 2 heterocycles. The molecule has 1 amide bonds. The van der Waals surface area contributed by atoms with Gasteiger partial charge in [0.2, 0.25) is 0 Å². The zero-order valence-electron chi connectivity index (χ0n) is 16.3. The van der Waals surface area contributed by atoms with Gasteiger partial charge < -0.3 is 9.88 Å². The van der Waals surface area contributed by atoms with Crippen molar-refractivity contribution in [3.63, 3.8) is 0 Å². The Labute approximate surface area is 174 Å². The van der Waals surface area contributed by atoms with Crippen LogP contribution in [0.1, 0.15) is 21.5 Å². The van der Waals surface area contributed by atoms with Crippen LogP contribution < -0.4 is 5.32 Å². The number of aromatic nitrogens is 3. The van der Waals surface area contributed by atoms with Crippen molar-refractivity contribution in [3.8, 4) is 0 Å². The summed E-state index contributed by atoms with van der Waals surface area (Å²) in [5.41, 5.74) is 3.55. The molecule has 0 aliphatic heterocycles. The Kier molecular flexibility index (Phi) is 4.69. The number of pyridine rings is 1. The quantitative estimate of drug-likeness (QED) is 0.446. The summed E-state index contributed by atoms with van der Waals surface area (Å²) in [5.74, 6) is -0.123. The number of rotatable bonds is 5. The molecular formula is C25H20N4O. The lowest BCUT2D eigenvalue weighted by Gasteiger charge is -2.13. The molecule has 1 N–H and O–H groups in total. The summed E-state index contributed by atoms with van der Waals surface area (Å²) in [5, 5.41) is 6.21. The van der Waals surface area contributed by atoms with Gasteiger partial charge in [-0.15, -0.1) is 0 Å². The second kappa shape index (κ2) is 7.79. The molecule has 0 aliphatic rings. The van der Waals surface area contributed by atoms with Gasteiger partial charge in [0, 0.05) is 37.1 Å². The zero-order chi connectivity index (χ0) is 20.3. The lowest BCUT2D eigenvalue weighted by Crippen LogP contribution is -2.24. The molecule has 2 aromatic heterocycles. The van der Waals surface area contributed by atoms with Crippen molar-refractivity contribution >= 4 is 27.6 Å². The maximum atomic E-state index is 13.1. The molecule has 0 saturated heterocycles. The number of nitrogens with zero attached hydrogens (tertiary/aromatic N) is 3. The molecule has 146 valence electrons. The molecule has 0 spiro atoms. The van der Waals surface area contributed by atoms with Crippen LogP contribution in [-0.2, 0) is 13.1 Å². The Morgan fingerprint density at radius 2 is 1.70 bits per heavy atom. The molecule has 0 unspecified atom stereocenters. The number of hydrogen-bond acceptors (Lipinski definition) is 3. The van der Waals surface area contributed by atoms with E-state index in [0.717, 1.165) is 32.8 Å². The SMILES string of the molecule is O=C(NCc1ccccc1Cn1ccnc1)c1cc2ccccc2c2cccnc12. The third-order valence-electron chi connectivity index (χ3n) is 5.33. The minimum absolute atomic E-state index is 0.123. The van der Waals surface area contributed by atoms with Crippen LogP contribution in [-0.4, -0.2) is 20.4 Å². The molecule has 5 heteroatoms. The number of nitrogens with one attached hydrogen (secondary N) is 1. The van der Waals surface area contributed by atoms with Crippen LogP contribution >= 0.6 is 0 Å². The number of carbonyl (C=O) groups excluding carboxylic acids is 1. The first-order valence-electron chi connectivity index (χ1n) is 9.87. The summed E-state index contributed by atoms with van der Waals surface area (Å²) in [6, 6.07) is 22.1. The molecule has 5 nitrogen and oxygen atoms in total. The lowest BCUT2D eigenvalue weighted by molar-refractivity contribution is 0.0952. The van der Waals surface area contributed by atoms with Crippen molar-refractivity contribution in [3.05, 3.63) is 108 Å². The average molecular weight is 392 g/mol. The number of fused-ring (bicyclic) bond motifs is 3. The van der Waals surface area contributed by atoms with Crippen molar-refractivity contribution in [2.75, 3.05) is 0 Å². The van der Waals surface area contributed by atoms with E-state index in [2.05, 4.69) is 27.4 Å². The summed E-state index contributed by atoms with van der Waals surface area (Å²) >= 11 is 0. The monoisotopic (exact) mass is 392 g/mol. The first-order valence-corrected chi connectivity index (χ1v) is 9.87. The molecule has 0 aliphatic carbocycles. The smallest absolute Gasteiger partial charge is 0.253 e. The molecule has 5 rings (SSSR count). The van der Waals surface area contributed by atoms with Gasteiger partial charge in [0.1, 0.15) is 0 Å². The molecule has 3 aromatic carbocycles. The molecule has 0 atom stereocenters. The fourth-order valence-corrected chi connectivity index (χ4v) is 3.83. The minimum Gasteiger partial charge on any atom is -0.348 e. The standard InChI is InChI=1S/C25H20N4O/c30-25(28-15-19-7-1-2-8-20(19)16-29-13-12-26-17-29)23-14-18-6-3-4-9-21(18)22-10-5-11-27-24(22)23/h1-14,17H,15-16H2,(H,28,30). The first-order chi connectivity index (χ1) is 14.8. The van der Waals surface area contributed by atoms with Crippen molar-refractivity contribution < 1.29 is 4.79 Å². The van der Waals surface area contributed by atoms with Crippen molar-refractivity contribution in [2.24, 2.45) is 0 Å². The van der Waals surface area contributed by atoms with E-state index in [-0.39, 0.29) is 5.91 Å². The highest BCUT2D eigenvalue weighted by Crippen LogP contribution is 2.27. The van der Waals surface area contributed by atoms with Gasteiger partial charge in [-0.2, -0.15) is 0 Å². The third-order valence-corrected chi connectivity index (χ3v) is 5.33. The second-order valence-electron chi connectivity index (χ2n) is 7.23. The van der Waals surface area contributed by atoms with Crippen LogP contribution in [0, 0.1) is 0 Å². The van der Waals surface area contributed by atoms with Gasteiger partial charge >= 0.3 is 0 Å². The molecule has 5 aromatic rings. The summed E-state index contributed by atoms with van der Waals surface area (Å²) in [6.45, 7) is 1.16. The van der Waals surface area contributed by atoms with Crippen LogP contribution in [0.15, 0.2) is 91.6 Å². The number of imidazole rings is 1. The summed E-state index contributed by atoms with van der Waals surface area (Å²) in [7, 11) is 0. The van der Waals surface area contributed by atoms with Gasteiger partial charge in [-0.3, -0.25) is 9.78 Å². The average Bonchev–Trinajstić information content (AvgIpc) is 3.31. The Morgan fingerprint density at radius 3 is 2.57 bits per heavy atom. The number of amides is 1. The lowest BCUT2D eigenvalue weighted by atomic mass is 10.00. The highest BCUT2D eigenvalue weighted by Gasteiger charge is 2.14. The number of carbonyl (C=O) groups is 1. The molecule has 0 saturated carbocycles. The highest BCUT2D eigenvalue weighted by molar-refractivity contribution is 6.15. The Hall–Kier alpha value is -3.99. The zero-order valence-corrected chi connectivity index (χ0v) is 16.3. The van der Waals surface area contributed by atoms with Gasteiger partial charge in [0.25, 0.3) is 5.91 Å². The second-order valence-corrected chi connectivity index (χ2v) is 7.23. The van der Waals surface area contributed by atoms with Crippen LogP contribution in [0.3, 0.4) is 0 Å². The van der Waals surface area contributed by atoms with Gasteiger partial charge in [0.05, 0.1) is 17.4 Å². The molecule has 0 fully saturated rings. The molecule has 0 bridgehead atoms. The minimum atomic E-state index is -0.123. The first kappa shape index (κ1) is 18.1. The Balaban J connectivity index is 1.45. The van der Waals surface area contributed by atoms with Crippen LogP contribution in [0.25, 0.3) is 21.7 Å². The van der Waals surface area contributed by atoms with E-state index in [1.54, 1.807) is 18.7 Å². The Bertz CT molecular complexity index is 1340. The van der Waals surface area contributed by atoms with E-state index in [0.29, 0.717) is 18.7 Å². The van der Waals surface area contributed by atoms with Crippen molar-refractivity contribution in [1.29, 1.82) is 0 Å². The van der Waals surface area contributed by atoms with E-state index in [1.165, 1.54) is 0 Å². The molecule has 30 heavy (non-hydrogen) atoms. The predicted molar refractivity (Wildman–Crippen MR) is 118 cm³/mol. The predicted octanol–water partition coefficient (Wildman–Crippen LogP) is 4.56. The third kappa shape index (κ3) is 3.42. The fourth-order valence-electron chi connectivity index (χ4n) is 3.83. The van der Waals surface area contributed by atoms with Gasteiger partial charge in [0.15, 0.2) is 0 Å². The molecular weight excluding hydrogens is 372 g/mol. The fraction of sp³-hybridized carbons (Fsp3) is 0.0800. The van der Waals surface area contributed by atoms with E-state index in [9.17, 15) is 4.79 Å². The maximum Gasteiger partial charge on any atom is 0.253 e. The maximum absolute atomic E-state index is 13.1. The van der Waals surface area contributed by atoms with Gasteiger partial charge in [-0.25, -0.2) is 4.98 Å². The van der Waals surface area contributed by atoms with Crippen LogP contribution in [0.4, 0.5) is 0 Å². The summed E-state index contributed by atoms with van der Waals surface area (Å²) in [4.78, 5) is 21.7. The van der Waals surface area contributed by atoms with Crippen molar-refractivity contribution in [1.82, 2.24) is 19.9 Å². The summed E-state index contributed by atoms with van der Waals surface area (Å²) in [6.07, 6.45) is 7.22. The largest absolute Gasteiger partial charge is 0.348 e. The van der Waals surface area contributed by atoms with Gasteiger partial charge in [-0.1, -0.05) is 54.6 Å². The number of benzene rings is 3. The van der Waals surface area contributed by atoms with E-state index in [1.807, 2.05) is 65.4 Å². The van der Waals surface area contributed by atoms with Gasteiger partial charge in [-0.05, 0) is 34.0 Å². The normalized spacial score (nSPS) is 11.1. The Morgan fingerprint density at radius 1 is 0.900 bits per heavy atom. The molecule has 0 radical (unpaired) electrons. The highest BCUT2D eigenvalue weighted by atomic mass is 16.1. The number of hydrogen-bond donors (Lipinski definition) is 1. The van der Waals surface area contributed by atoms with Crippen LogP contribution in [0.5, 0.6) is 0 Å². The van der Waals surface area contributed by atoms with Crippen molar-refractivity contribution in [2.45, 2.75) is 13.1 Å². The van der Waals surface area contributed by atoms with E-state index in [4.69, 9.17) is 0 Å². The topological polar surface area (TPSA) is 59.8 Å².